The highest BCUT2D eigenvalue weighted by molar-refractivity contribution is 5.75. The molecule has 0 bridgehead atoms. The molecule has 1 aromatic rings. The van der Waals surface area contributed by atoms with Gasteiger partial charge in [0.25, 0.3) is 5.91 Å². The van der Waals surface area contributed by atoms with Gasteiger partial charge in [0, 0.05) is 18.7 Å². The standard InChI is InChI=1S/C10H13NO2.Si/c1-2-6-10(12)11-13-9-7-4-3-5-8-9;/h3-5,7-8H,2,6H2,1H3,(H,11,12);/i6D;. The maximum Gasteiger partial charge on any atom is 0.252 e. The number of hydrogen-bond acceptors (Lipinski definition) is 2. The number of para-hydroxylation sites is 1. The Labute approximate surface area is 89.8 Å². The van der Waals surface area contributed by atoms with E-state index in [0.717, 1.165) is 0 Å². The molecular weight excluding hydrogens is 194 g/mol. The first-order valence-electron chi connectivity index (χ1n) is 4.75. The Hall–Kier alpha value is -1.29. The van der Waals surface area contributed by atoms with Crippen LogP contribution in [-0.2, 0) is 4.79 Å². The number of hydroxylamine groups is 1. The van der Waals surface area contributed by atoms with Gasteiger partial charge in [0.2, 0.25) is 0 Å². The molecule has 14 heavy (non-hydrogen) atoms. The van der Waals surface area contributed by atoms with Crippen LogP contribution in [0.3, 0.4) is 0 Å². The van der Waals surface area contributed by atoms with Gasteiger partial charge in [-0.25, -0.2) is 0 Å². The molecule has 0 aliphatic heterocycles. The lowest BCUT2D eigenvalue weighted by Crippen LogP contribution is -2.26. The molecule has 1 unspecified atom stereocenters. The van der Waals surface area contributed by atoms with E-state index in [9.17, 15) is 4.79 Å². The van der Waals surface area contributed by atoms with Crippen LogP contribution in [0.25, 0.3) is 0 Å². The van der Waals surface area contributed by atoms with Gasteiger partial charge in [-0.2, -0.15) is 5.48 Å². The summed E-state index contributed by atoms with van der Waals surface area (Å²) in [7, 11) is 0. The van der Waals surface area contributed by atoms with E-state index in [1.807, 2.05) is 6.07 Å². The lowest BCUT2D eigenvalue weighted by atomic mass is 10.3. The van der Waals surface area contributed by atoms with Crippen molar-refractivity contribution >= 4 is 16.9 Å². The van der Waals surface area contributed by atoms with Crippen molar-refractivity contribution in [2.45, 2.75) is 19.7 Å². The largest absolute Gasteiger partial charge is 0.380 e. The summed E-state index contributed by atoms with van der Waals surface area (Å²) >= 11 is 0. The van der Waals surface area contributed by atoms with Gasteiger partial charge in [-0.1, -0.05) is 25.1 Å². The van der Waals surface area contributed by atoms with Crippen LogP contribution in [0.2, 0.25) is 0 Å². The highest BCUT2D eigenvalue weighted by Gasteiger charge is 1.98. The van der Waals surface area contributed by atoms with Crippen LogP contribution in [0.1, 0.15) is 21.1 Å². The fourth-order valence-electron chi connectivity index (χ4n) is 0.825. The molecule has 3 nitrogen and oxygen atoms in total. The molecule has 1 amide bonds. The van der Waals surface area contributed by atoms with Crippen molar-refractivity contribution in [1.29, 1.82) is 0 Å². The number of benzene rings is 1. The van der Waals surface area contributed by atoms with Crippen LogP contribution in [0.5, 0.6) is 5.75 Å². The van der Waals surface area contributed by atoms with Crippen LogP contribution in [0, 0.1) is 0 Å². The topological polar surface area (TPSA) is 38.3 Å². The zero-order chi connectivity index (χ0) is 10.4. The average Bonchev–Trinajstić information content (AvgIpc) is 2.26. The summed E-state index contributed by atoms with van der Waals surface area (Å²) in [6.07, 6.45) is -0.289. The second-order valence-electron chi connectivity index (χ2n) is 2.49. The quantitative estimate of drug-likeness (QED) is 0.602. The molecule has 1 aromatic carbocycles. The Morgan fingerprint density at radius 3 is 2.71 bits per heavy atom. The van der Waals surface area contributed by atoms with Crippen molar-refractivity contribution in [3.05, 3.63) is 30.3 Å². The molecule has 74 valence electrons. The van der Waals surface area contributed by atoms with E-state index in [4.69, 9.17) is 6.21 Å². The molecule has 1 N–H and O–H groups in total. The molecule has 0 saturated heterocycles. The highest BCUT2D eigenvalue weighted by Crippen LogP contribution is 2.06. The third-order valence-corrected chi connectivity index (χ3v) is 1.40. The SMILES string of the molecule is [2H]C(CC)C(=O)NOc1ccccc1.[Si]. The Kier molecular flexibility index (Phi) is 5.50. The number of nitrogens with one attached hydrogen (secondary N) is 1. The van der Waals surface area contributed by atoms with Crippen LogP contribution in [0.4, 0.5) is 0 Å². The molecule has 0 fully saturated rings. The maximum atomic E-state index is 11.1. The number of amides is 1. The summed E-state index contributed by atoms with van der Waals surface area (Å²) in [5, 5.41) is 0. The summed E-state index contributed by atoms with van der Waals surface area (Å²) in [4.78, 5) is 16.1. The van der Waals surface area contributed by atoms with Gasteiger partial charge in [0.1, 0.15) is 0 Å². The van der Waals surface area contributed by atoms with Crippen molar-refractivity contribution in [2.24, 2.45) is 0 Å². The van der Waals surface area contributed by atoms with Gasteiger partial charge in [0.05, 0.1) is 0 Å². The highest BCUT2D eigenvalue weighted by atomic mass is 28.1. The minimum Gasteiger partial charge on any atom is -0.380 e. The van der Waals surface area contributed by atoms with Gasteiger partial charge >= 0.3 is 0 Å². The van der Waals surface area contributed by atoms with Crippen LogP contribution in [0.15, 0.2) is 30.3 Å². The summed E-state index contributed by atoms with van der Waals surface area (Å²) in [5.74, 6) is 0.139. The van der Waals surface area contributed by atoms with Crippen molar-refractivity contribution in [1.82, 2.24) is 5.48 Å². The molecule has 1 rings (SSSR count). The lowest BCUT2D eigenvalue weighted by molar-refractivity contribution is -0.127. The molecule has 4 radical (unpaired) electrons. The first-order valence-corrected chi connectivity index (χ1v) is 4.18. The van der Waals surface area contributed by atoms with Crippen LogP contribution >= 0.6 is 0 Å². The van der Waals surface area contributed by atoms with Crippen molar-refractivity contribution in [3.63, 3.8) is 0 Å². The van der Waals surface area contributed by atoms with Crippen molar-refractivity contribution in [3.8, 4) is 5.75 Å². The monoisotopic (exact) mass is 208 g/mol. The van der Waals surface area contributed by atoms with Crippen LogP contribution < -0.4 is 10.3 Å². The molecule has 0 aliphatic rings. The Morgan fingerprint density at radius 2 is 2.14 bits per heavy atom. The Balaban J connectivity index is 0.00000196. The number of carbonyl (C=O) groups excluding carboxylic acids is 1. The second-order valence-corrected chi connectivity index (χ2v) is 2.49. The Bertz CT molecular complexity index is 295. The molecule has 0 aliphatic carbocycles. The predicted molar refractivity (Wildman–Crippen MR) is 55.9 cm³/mol. The summed E-state index contributed by atoms with van der Waals surface area (Å²) in [6, 6.07) is 8.92. The first kappa shape index (κ1) is 10.8. The fourth-order valence-corrected chi connectivity index (χ4v) is 0.825. The Morgan fingerprint density at radius 1 is 1.50 bits per heavy atom. The molecule has 0 heterocycles. The molecule has 0 saturated carbocycles. The van der Waals surface area contributed by atoms with Gasteiger partial charge in [-0.3, -0.25) is 4.79 Å². The minimum atomic E-state index is -0.765. The summed E-state index contributed by atoms with van der Waals surface area (Å²) < 4.78 is 7.30. The molecule has 0 aromatic heterocycles. The van der Waals surface area contributed by atoms with Crippen molar-refractivity contribution in [2.75, 3.05) is 0 Å². The van der Waals surface area contributed by atoms with E-state index < -0.39 is 12.3 Å². The molecule has 4 heteroatoms. The van der Waals surface area contributed by atoms with E-state index in [2.05, 4.69) is 5.48 Å². The average molecular weight is 208 g/mol. The van der Waals surface area contributed by atoms with Crippen LogP contribution in [-0.4, -0.2) is 16.9 Å². The molecule has 1 atom stereocenters. The number of hydrogen-bond donors (Lipinski definition) is 1. The van der Waals surface area contributed by atoms with Gasteiger partial charge < -0.3 is 4.84 Å². The van der Waals surface area contributed by atoms with E-state index in [1.165, 1.54) is 0 Å². The van der Waals surface area contributed by atoms with Crippen molar-refractivity contribution < 1.29 is 11.0 Å². The third-order valence-electron chi connectivity index (χ3n) is 1.40. The number of carbonyl (C=O) groups is 1. The van der Waals surface area contributed by atoms with Gasteiger partial charge in [-0.15, -0.1) is 0 Å². The van der Waals surface area contributed by atoms with Gasteiger partial charge in [-0.05, 0) is 18.6 Å². The van der Waals surface area contributed by atoms with E-state index in [-0.39, 0.29) is 11.0 Å². The third kappa shape index (κ3) is 4.66. The molecular formula is C10H13NO2Si. The molecule has 0 spiro atoms. The zero-order valence-electron chi connectivity index (χ0n) is 8.99. The fraction of sp³-hybridized carbons (Fsp3) is 0.300. The number of rotatable bonds is 4. The minimum absolute atomic E-state index is 0. The van der Waals surface area contributed by atoms with E-state index in [1.54, 1.807) is 31.2 Å². The lowest BCUT2D eigenvalue weighted by Gasteiger charge is -2.05. The predicted octanol–water partition coefficient (Wildman–Crippen LogP) is 1.52. The zero-order valence-corrected chi connectivity index (χ0v) is 8.99. The van der Waals surface area contributed by atoms with E-state index in [0.29, 0.717) is 12.2 Å². The van der Waals surface area contributed by atoms with Gasteiger partial charge in [0.15, 0.2) is 5.75 Å². The summed E-state index contributed by atoms with van der Waals surface area (Å²) in [5.41, 5.74) is 2.22. The second kappa shape index (κ2) is 7.14. The smallest absolute Gasteiger partial charge is 0.252 e. The maximum absolute atomic E-state index is 11.1. The summed E-state index contributed by atoms with van der Waals surface area (Å²) in [6.45, 7) is 1.78. The normalized spacial score (nSPS) is 11.9. The van der Waals surface area contributed by atoms with E-state index >= 15 is 0 Å². The first-order chi connectivity index (χ1) is 6.74.